The van der Waals surface area contributed by atoms with Gasteiger partial charge in [-0.25, -0.2) is 4.57 Å². The molecule has 1 aliphatic heterocycles. The number of aliphatic hydroxyl groups is 1. The fraction of sp³-hybridized carbons (Fsp3) is 0.436. The van der Waals surface area contributed by atoms with Crippen molar-refractivity contribution in [3.05, 3.63) is 107 Å². The van der Waals surface area contributed by atoms with Crippen molar-refractivity contribution in [2.75, 3.05) is 0 Å². The van der Waals surface area contributed by atoms with Gasteiger partial charge in [0.1, 0.15) is 0 Å². The van der Waals surface area contributed by atoms with Crippen LogP contribution in [0.3, 0.4) is 0 Å². The Kier molecular flexibility index (Phi) is 19.7. The minimum absolute atomic E-state index is 0. The summed E-state index contributed by atoms with van der Waals surface area (Å²) >= 11 is 0. The number of aromatic nitrogens is 1. The van der Waals surface area contributed by atoms with Crippen molar-refractivity contribution in [1.29, 1.82) is 0 Å². The minimum Gasteiger partial charge on any atom is -1.00 e. The van der Waals surface area contributed by atoms with Crippen LogP contribution in [0.15, 0.2) is 79.6 Å². The van der Waals surface area contributed by atoms with Gasteiger partial charge in [0, 0.05) is 30.2 Å². The first-order valence-electron chi connectivity index (χ1n) is 16.2. The molecule has 1 fully saturated rings. The van der Waals surface area contributed by atoms with Crippen molar-refractivity contribution >= 4 is 24.2 Å². The molecule has 0 spiro atoms. The van der Waals surface area contributed by atoms with Crippen LogP contribution in [0.25, 0.3) is 18.2 Å². The van der Waals surface area contributed by atoms with E-state index >= 15 is 0 Å². The molecule has 1 N–H and O–H groups in total. The first kappa shape index (κ1) is 40.7. The van der Waals surface area contributed by atoms with Crippen molar-refractivity contribution in [3.63, 3.8) is 0 Å². The number of benzene rings is 2. The fourth-order valence-corrected chi connectivity index (χ4v) is 4.30. The van der Waals surface area contributed by atoms with Gasteiger partial charge in [-0.05, 0) is 63.1 Å². The number of rotatable bonds is 10. The molecule has 46 heavy (non-hydrogen) atoms. The van der Waals surface area contributed by atoms with E-state index in [0.717, 1.165) is 48.9 Å². The number of ether oxygens (including phenoxy) is 3. The molecule has 252 valence electrons. The lowest BCUT2D eigenvalue weighted by Crippen LogP contribution is -3.00. The minimum atomic E-state index is -0.265. The molecule has 4 rings (SSSR count). The Labute approximate surface area is 283 Å². The Morgan fingerprint density at radius 1 is 0.935 bits per heavy atom. The average Bonchev–Trinajstić information content (AvgIpc) is 3.05. The van der Waals surface area contributed by atoms with E-state index < -0.39 is 0 Å². The molecule has 0 bridgehead atoms. The number of aliphatic hydroxyl groups excluding tert-OH is 1. The third-order valence-corrected chi connectivity index (χ3v) is 7.43. The molecule has 5 atom stereocenters. The second-order valence-corrected chi connectivity index (χ2v) is 11.5. The van der Waals surface area contributed by atoms with Crippen LogP contribution in [0.1, 0.15) is 108 Å². The quantitative estimate of drug-likeness (QED) is 0.230. The Morgan fingerprint density at radius 3 is 1.93 bits per heavy atom. The van der Waals surface area contributed by atoms with Gasteiger partial charge in [0.15, 0.2) is 25.2 Å². The summed E-state index contributed by atoms with van der Waals surface area (Å²) in [5.74, 6) is -0.195. The summed E-state index contributed by atoms with van der Waals surface area (Å²) in [5, 5.41) is 8.36. The Balaban J connectivity index is 0.000000640. The molecule has 1 aliphatic rings. The lowest BCUT2D eigenvalue weighted by Gasteiger charge is -2.34. The Bertz CT molecular complexity index is 1290. The molecule has 0 amide bonds. The van der Waals surface area contributed by atoms with Gasteiger partial charge in [-0.15, -0.1) is 0 Å². The van der Waals surface area contributed by atoms with E-state index in [0.29, 0.717) is 0 Å². The van der Waals surface area contributed by atoms with Crippen LogP contribution in [0.4, 0.5) is 0 Å². The molecule has 2 aromatic carbocycles. The summed E-state index contributed by atoms with van der Waals surface area (Å²) in [5.41, 5.74) is 5.82. The van der Waals surface area contributed by atoms with Gasteiger partial charge in [0.25, 0.3) is 0 Å². The largest absolute Gasteiger partial charge is 1.00 e. The second kappa shape index (κ2) is 22.3. The van der Waals surface area contributed by atoms with Gasteiger partial charge >= 0.3 is 5.97 Å². The third kappa shape index (κ3) is 15.8. The molecule has 1 saturated heterocycles. The molecule has 6 nitrogen and oxygen atoms in total. The monoisotopic (exact) mass is 651 g/mol. The average molecular weight is 652 g/mol. The maximum atomic E-state index is 10.2. The molecule has 0 saturated carbocycles. The topological polar surface area (TPSA) is 68.9 Å². The van der Waals surface area contributed by atoms with E-state index in [-0.39, 0.29) is 49.1 Å². The first-order chi connectivity index (χ1) is 21.6. The van der Waals surface area contributed by atoms with Crippen LogP contribution in [-0.2, 0) is 25.5 Å². The Hall–Kier alpha value is -3.29. The summed E-state index contributed by atoms with van der Waals surface area (Å²) in [6, 6.07) is 21.2. The van der Waals surface area contributed by atoms with E-state index in [2.05, 4.69) is 110 Å². The number of nitrogens with zero attached hydrogens (tertiary/aromatic N) is 1. The van der Waals surface area contributed by atoms with Crippen molar-refractivity contribution in [1.82, 2.24) is 0 Å². The van der Waals surface area contributed by atoms with Gasteiger partial charge < -0.3 is 31.7 Å². The van der Waals surface area contributed by atoms with E-state index in [9.17, 15) is 4.79 Å². The zero-order chi connectivity index (χ0) is 33.2. The van der Waals surface area contributed by atoms with Gasteiger partial charge in [0.2, 0.25) is 0 Å². The molecule has 2 heterocycles. The number of esters is 1. The normalized spacial score (nSPS) is 18.5. The van der Waals surface area contributed by atoms with Gasteiger partial charge in [-0.3, -0.25) is 4.79 Å². The van der Waals surface area contributed by atoms with E-state index in [1.54, 1.807) is 6.92 Å². The summed E-state index contributed by atoms with van der Waals surface area (Å²) in [6.07, 6.45) is 14.3. The maximum absolute atomic E-state index is 10.2. The van der Waals surface area contributed by atoms with Crippen molar-refractivity contribution in [3.8, 4) is 0 Å². The summed E-state index contributed by atoms with van der Waals surface area (Å²) < 4.78 is 19.0. The molecule has 0 aliphatic carbocycles. The van der Waals surface area contributed by atoms with Gasteiger partial charge in [0.05, 0.1) is 24.4 Å². The molecule has 5 unspecified atom stereocenters. The lowest BCUT2D eigenvalue weighted by molar-refractivity contribution is -0.688. The highest BCUT2D eigenvalue weighted by Gasteiger charge is 2.27. The number of hydrogen-bond acceptors (Lipinski definition) is 5. The highest BCUT2D eigenvalue weighted by molar-refractivity contribution is 5.69. The van der Waals surface area contributed by atoms with Crippen LogP contribution in [-0.4, -0.2) is 35.5 Å². The zero-order valence-corrected chi connectivity index (χ0v) is 29.5. The van der Waals surface area contributed by atoms with E-state index in [4.69, 9.17) is 19.3 Å². The Morgan fingerprint density at radius 2 is 1.48 bits per heavy atom. The molecular formula is C39H54ClNO5. The smallest absolute Gasteiger partial charge is 0.302 e. The fourth-order valence-electron chi connectivity index (χ4n) is 4.30. The van der Waals surface area contributed by atoms with Crippen LogP contribution in [0, 0.1) is 0 Å². The summed E-state index contributed by atoms with van der Waals surface area (Å²) in [6.45, 7) is 18.0. The first-order valence-corrected chi connectivity index (χ1v) is 16.2. The second-order valence-electron chi connectivity index (χ2n) is 11.5. The number of halogens is 1. The molecule has 7 heteroatoms. The highest BCUT2D eigenvalue weighted by Crippen LogP contribution is 2.31. The molecule has 0 radical (unpaired) electrons. The summed E-state index contributed by atoms with van der Waals surface area (Å²) in [4.78, 5) is 10.2. The van der Waals surface area contributed by atoms with Crippen LogP contribution < -0.4 is 17.0 Å². The maximum Gasteiger partial charge on any atom is 0.302 e. The van der Waals surface area contributed by atoms with Gasteiger partial charge in [-0.1, -0.05) is 94.1 Å². The van der Waals surface area contributed by atoms with E-state index in [1.807, 2.05) is 26.8 Å². The van der Waals surface area contributed by atoms with Crippen molar-refractivity contribution in [2.45, 2.75) is 111 Å². The number of carbonyl (C=O) groups excluding carboxylic acids is 1. The predicted octanol–water partition coefficient (Wildman–Crippen LogP) is 5.57. The molecular weight excluding hydrogens is 598 g/mol. The van der Waals surface area contributed by atoms with Crippen molar-refractivity contribution < 1.29 is 41.1 Å². The van der Waals surface area contributed by atoms with Crippen LogP contribution in [0.2, 0.25) is 0 Å². The molecule has 3 aromatic rings. The van der Waals surface area contributed by atoms with Crippen LogP contribution in [0.5, 0.6) is 0 Å². The highest BCUT2D eigenvalue weighted by atomic mass is 35.5. The van der Waals surface area contributed by atoms with Gasteiger partial charge in [-0.2, -0.15) is 0 Å². The SMILES string of the molecule is C=Cc1ccc(C[n+]2ccc(/C=C/c3ccc(C4OC(C)CC(CC)O4)cc3)cc2)cc1.CCC(C)O.CCC(C)OC(C)=O.[Cl-]. The zero-order valence-electron chi connectivity index (χ0n) is 28.7. The lowest BCUT2D eigenvalue weighted by atomic mass is 10.1. The predicted molar refractivity (Wildman–Crippen MR) is 184 cm³/mol. The number of hydrogen-bond donors (Lipinski definition) is 1. The summed E-state index contributed by atoms with van der Waals surface area (Å²) in [7, 11) is 0. The molecule has 1 aromatic heterocycles. The van der Waals surface area contributed by atoms with E-state index in [1.165, 1.54) is 18.1 Å². The third-order valence-electron chi connectivity index (χ3n) is 7.43. The van der Waals surface area contributed by atoms with Crippen molar-refractivity contribution in [2.24, 2.45) is 0 Å². The standard InChI is InChI=1S/C29H32NO2.C6H12O2.C4H10O.ClH/c1-4-23-6-10-26(11-7-23)21-30-18-16-25(17-19-30)9-8-24-12-14-27(15-13-24)29-31-22(3)20-28(5-2)32-29;1-4-5(2)8-6(3)7;1-3-4(2)5;/h4,6-19,22,28-29H,1,5,20-21H2,2-3H3;5H,4H2,1-3H3;4-5H,3H2,1-2H3;1H/q+1;;;/p-1/b9-8+;;;. The van der Waals surface area contributed by atoms with Crippen LogP contribution >= 0.6 is 0 Å². The number of carbonyl (C=O) groups is 1. The number of pyridine rings is 1.